The number of benzene rings is 1. The topological polar surface area (TPSA) is 59.1 Å². The summed E-state index contributed by atoms with van der Waals surface area (Å²) < 4.78 is 10.6. The van der Waals surface area contributed by atoms with Crippen LogP contribution in [0.15, 0.2) is 18.2 Å². The molecular formula is C16H20N2O4. The minimum Gasteiger partial charge on any atom is -0.454 e. The van der Waals surface area contributed by atoms with Gasteiger partial charge in [-0.25, -0.2) is 0 Å². The molecule has 22 heavy (non-hydrogen) atoms. The summed E-state index contributed by atoms with van der Waals surface area (Å²) >= 11 is 0. The van der Waals surface area contributed by atoms with Crippen LogP contribution in [0.5, 0.6) is 11.5 Å². The lowest BCUT2D eigenvalue weighted by Crippen LogP contribution is -2.58. The van der Waals surface area contributed by atoms with Crippen molar-refractivity contribution in [3.05, 3.63) is 18.2 Å². The van der Waals surface area contributed by atoms with Crippen molar-refractivity contribution in [3.63, 3.8) is 0 Å². The Morgan fingerprint density at radius 1 is 1.23 bits per heavy atom. The number of anilines is 1. The Morgan fingerprint density at radius 3 is 2.68 bits per heavy atom. The monoisotopic (exact) mass is 304 g/mol. The molecule has 0 aromatic heterocycles. The molecule has 1 aromatic carbocycles. The number of amides is 2. The van der Waals surface area contributed by atoms with Gasteiger partial charge in [0.15, 0.2) is 11.5 Å². The van der Waals surface area contributed by atoms with E-state index in [4.69, 9.17) is 9.47 Å². The number of hydrogen-bond acceptors (Lipinski definition) is 4. The first kappa shape index (κ1) is 14.7. The zero-order valence-electron chi connectivity index (χ0n) is 13.0. The number of carbonyl (C=O) groups excluding carboxylic acids is 2. The van der Waals surface area contributed by atoms with Crippen molar-refractivity contribution >= 4 is 17.5 Å². The van der Waals surface area contributed by atoms with Crippen LogP contribution in [0.2, 0.25) is 0 Å². The van der Waals surface area contributed by atoms with Gasteiger partial charge < -0.3 is 19.3 Å². The maximum Gasteiger partial charge on any atom is 0.249 e. The van der Waals surface area contributed by atoms with Crippen LogP contribution in [0, 0.1) is 5.92 Å². The van der Waals surface area contributed by atoms with E-state index in [1.807, 2.05) is 26.0 Å². The van der Waals surface area contributed by atoms with Gasteiger partial charge in [0.1, 0.15) is 6.04 Å². The predicted molar refractivity (Wildman–Crippen MR) is 80.9 cm³/mol. The summed E-state index contributed by atoms with van der Waals surface area (Å²) in [5.74, 6) is 1.19. The molecule has 0 aliphatic carbocycles. The molecular weight excluding hydrogens is 284 g/mol. The summed E-state index contributed by atoms with van der Waals surface area (Å²) in [5, 5.41) is 0. The highest BCUT2D eigenvalue weighted by molar-refractivity contribution is 6.00. The zero-order chi connectivity index (χ0) is 15.9. The highest BCUT2D eigenvalue weighted by Crippen LogP contribution is 2.36. The van der Waals surface area contributed by atoms with Crippen molar-refractivity contribution < 1.29 is 19.1 Å². The number of nitrogens with zero attached hydrogens (tertiary/aromatic N) is 2. The maximum atomic E-state index is 12.6. The van der Waals surface area contributed by atoms with Crippen LogP contribution >= 0.6 is 0 Å². The van der Waals surface area contributed by atoms with Gasteiger partial charge in [0.05, 0.1) is 0 Å². The summed E-state index contributed by atoms with van der Waals surface area (Å²) in [4.78, 5) is 28.2. The highest BCUT2D eigenvalue weighted by Gasteiger charge is 2.36. The molecule has 118 valence electrons. The Kier molecular flexibility index (Phi) is 3.68. The zero-order valence-corrected chi connectivity index (χ0v) is 13.0. The van der Waals surface area contributed by atoms with Crippen molar-refractivity contribution in [1.82, 2.24) is 4.90 Å². The molecule has 2 heterocycles. The van der Waals surface area contributed by atoms with E-state index in [1.165, 1.54) is 0 Å². The molecule has 6 nitrogen and oxygen atoms in total. The van der Waals surface area contributed by atoms with Crippen molar-refractivity contribution in [2.75, 3.05) is 24.8 Å². The first-order chi connectivity index (χ1) is 10.5. The lowest BCUT2D eigenvalue weighted by Gasteiger charge is -2.39. The van der Waals surface area contributed by atoms with E-state index >= 15 is 0 Å². The highest BCUT2D eigenvalue weighted by atomic mass is 16.7. The first-order valence-electron chi connectivity index (χ1n) is 7.50. The largest absolute Gasteiger partial charge is 0.454 e. The van der Waals surface area contributed by atoms with E-state index < -0.39 is 6.04 Å². The van der Waals surface area contributed by atoms with Gasteiger partial charge in [0.25, 0.3) is 0 Å². The lowest BCUT2D eigenvalue weighted by atomic mass is 10.1. The number of fused-ring (bicyclic) bond motifs is 1. The van der Waals surface area contributed by atoms with Crippen molar-refractivity contribution in [2.45, 2.75) is 26.8 Å². The van der Waals surface area contributed by atoms with Gasteiger partial charge in [-0.05, 0) is 19.1 Å². The van der Waals surface area contributed by atoms with Gasteiger partial charge in [0, 0.05) is 30.8 Å². The standard InChI is InChI=1S/C16H20N2O4/c1-10(2)15(19)17-6-7-18(16(20)11(17)3)12-4-5-13-14(8-12)22-9-21-13/h4-5,8,10-11H,6-7,9H2,1-3H3/t11-/m1/s1. The van der Waals surface area contributed by atoms with E-state index in [-0.39, 0.29) is 24.5 Å². The van der Waals surface area contributed by atoms with E-state index in [0.29, 0.717) is 24.6 Å². The van der Waals surface area contributed by atoms with Crippen LogP contribution in [0.3, 0.4) is 0 Å². The van der Waals surface area contributed by atoms with Gasteiger partial charge in [-0.15, -0.1) is 0 Å². The third kappa shape index (κ3) is 2.38. The molecule has 0 bridgehead atoms. The van der Waals surface area contributed by atoms with E-state index in [2.05, 4.69) is 0 Å². The fraction of sp³-hybridized carbons (Fsp3) is 0.500. The molecule has 1 saturated heterocycles. The van der Waals surface area contributed by atoms with Crippen LogP contribution in [-0.4, -0.2) is 42.6 Å². The molecule has 0 radical (unpaired) electrons. The van der Waals surface area contributed by atoms with Crippen LogP contribution in [-0.2, 0) is 9.59 Å². The third-order valence-electron chi connectivity index (χ3n) is 4.10. The molecule has 1 atom stereocenters. The van der Waals surface area contributed by atoms with E-state index in [1.54, 1.807) is 22.8 Å². The quantitative estimate of drug-likeness (QED) is 0.833. The minimum absolute atomic E-state index is 0.0196. The Bertz CT molecular complexity index is 614. The first-order valence-corrected chi connectivity index (χ1v) is 7.50. The van der Waals surface area contributed by atoms with Crippen molar-refractivity contribution in [3.8, 4) is 11.5 Å². The molecule has 2 aliphatic heterocycles. The number of rotatable bonds is 2. The number of carbonyl (C=O) groups is 2. The third-order valence-corrected chi connectivity index (χ3v) is 4.10. The number of ether oxygens (including phenoxy) is 2. The van der Waals surface area contributed by atoms with Gasteiger partial charge in [-0.3, -0.25) is 9.59 Å². The van der Waals surface area contributed by atoms with E-state index in [9.17, 15) is 9.59 Å². The van der Waals surface area contributed by atoms with Crippen molar-refractivity contribution in [2.24, 2.45) is 5.92 Å². The molecule has 0 spiro atoms. The average molecular weight is 304 g/mol. The second-order valence-electron chi connectivity index (χ2n) is 5.89. The summed E-state index contributed by atoms with van der Waals surface area (Å²) in [5.41, 5.74) is 0.776. The Balaban J connectivity index is 1.80. The van der Waals surface area contributed by atoms with Gasteiger partial charge in [0.2, 0.25) is 18.6 Å². The number of piperazine rings is 1. The smallest absolute Gasteiger partial charge is 0.249 e. The number of hydrogen-bond donors (Lipinski definition) is 0. The predicted octanol–water partition coefficient (Wildman–Crippen LogP) is 1.64. The van der Waals surface area contributed by atoms with Crippen LogP contribution in [0.4, 0.5) is 5.69 Å². The minimum atomic E-state index is -0.450. The summed E-state index contributed by atoms with van der Waals surface area (Å²) in [6, 6.07) is 5.01. The Labute approximate surface area is 129 Å². The molecule has 0 N–H and O–H groups in total. The molecule has 3 rings (SSSR count). The maximum absolute atomic E-state index is 12.6. The fourth-order valence-electron chi connectivity index (χ4n) is 2.81. The van der Waals surface area contributed by atoms with Gasteiger partial charge in [-0.1, -0.05) is 13.8 Å². The van der Waals surface area contributed by atoms with E-state index in [0.717, 1.165) is 5.69 Å². The normalized spacial score (nSPS) is 20.7. The molecule has 0 saturated carbocycles. The molecule has 6 heteroatoms. The Hall–Kier alpha value is -2.24. The molecule has 1 aromatic rings. The molecule has 0 unspecified atom stereocenters. The average Bonchev–Trinajstić information content (AvgIpc) is 2.96. The summed E-state index contributed by atoms with van der Waals surface area (Å²) in [6.07, 6.45) is 0. The van der Waals surface area contributed by atoms with Crippen LogP contribution in [0.1, 0.15) is 20.8 Å². The fourth-order valence-corrected chi connectivity index (χ4v) is 2.81. The molecule has 2 aliphatic rings. The Morgan fingerprint density at radius 2 is 1.95 bits per heavy atom. The summed E-state index contributed by atoms with van der Waals surface area (Å²) in [7, 11) is 0. The lowest BCUT2D eigenvalue weighted by molar-refractivity contribution is -0.143. The second-order valence-corrected chi connectivity index (χ2v) is 5.89. The second kappa shape index (κ2) is 5.51. The summed E-state index contributed by atoms with van der Waals surface area (Å²) in [6.45, 7) is 6.72. The van der Waals surface area contributed by atoms with Gasteiger partial charge >= 0.3 is 0 Å². The van der Waals surface area contributed by atoms with Crippen LogP contribution < -0.4 is 14.4 Å². The molecule has 1 fully saturated rings. The molecule has 2 amide bonds. The van der Waals surface area contributed by atoms with Gasteiger partial charge in [-0.2, -0.15) is 0 Å². The van der Waals surface area contributed by atoms with Crippen molar-refractivity contribution in [1.29, 1.82) is 0 Å². The SMILES string of the molecule is CC(C)C(=O)N1CCN(c2ccc3c(c2)OCO3)C(=O)[C@H]1C. The van der Waals surface area contributed by atoms with Crippen LogP contribution in [0.25, 0.3) is 0 Å².